The van der Waals surface area contributed by atoms with Gasteiger partial charge < -0.3 is 9.15 Å². The van der Waals surface area contributed by atoms with Crippen LogP contribution in [-0.2, 0) is 14.8 Å². The molecule has 2 rings (SSSR count). The van der Waals surface area contributed by atoms with Gasteiger partial charge >= 0.3 is 0 Å². The molecule has 1 aromatic heterocycles. The average Bonchev–Trinajstić information content (AvgIpc) is 2.85. The lowest BCUT2D eigenvalue weighted by molar-refractivity contribution is -0.0176. The van der Waals surface area contributed by atoms with Crippen molar-refractivity contribution in [2.45, 2.75) is 49.2 Å². The van der Waals surface area contributed by atoms with E-state index in [1.807, 2.05) is 0 Å². The van der Waals surface area contributed by atoms with Gasteiger partial charge in [-0.1, -0.05) is 25.7 Å². The summed E-state index contributed by atoms with van der Waals surface area (Å²) in [6.07, 6.45) is 7.68. The lowest BCUT2D eigenvalue weighted by atomic mass is 9.94. The number of hydrogen-bond acceptors (Lipinski definition) is 4. The van der Waals surface area contributed by atoms with Crippen molar-refractivity contribution in [3.8, 4) is 0 Å². The van der Waals surface area contributed by atoms with Crippen molar-refractivity contribution in [3.05, 3.63) is 18.4 Å². The van der Waals surface area contributed by atoms with Crippen LogP contribution in [0.3, 0.4) is 0 Å². The Morgan fingerprint density at radius 2 is 2.00 bits per heavy atom. The summed E-state index contributed by atoms with van der Waals surface area (Å²) in [4.78, 5) is 0. The molecule has 1 heterocycles. The molecule has 0 aromatic carbocycles. The fourth-order valence-electron chi connectivity index (χ4n) is 2.54. The molecule has 0 bridgehead atoms. The molecule has 0 spiro atoms. The van der Waals surface area contributed by atoms with E-state index in [-0.39, 0.29) is 10.7 Å². The molecule has 0 atom stereocenters. The van der Waals surface area contributed by atoms with Gasteiger partial charge in [-0.2, -0.15) is 0 Å². The van der Waals surface area contributed by atoms with E-state index >= 15 is 0 Å². The minimum atomic E-state index is -3.57. The molecular formula is C13H21NO4S. The van der Waals surface area contributed by atoms with Crippen LogP contribution in [0.25, 0.3) is 0 Å². The van der Waals surface area contributed by atoms with Gasteiger partial charge in [-0.05, 0) is 25.0 Å². The van der Waals surface area contributed by atoms with Crippen molar-refractivity contribution in [2.24, 2.45) is 0 Å². The topological polar surface area (TPSA) is 68.5 Å². The van der Waals surface area contributed by atoms with E-state index in [9.17, 15) is 8.42 Å². The summed E-state index contributed by atoms with van der Waals surface area (Å²) >= 11 is 0. The lowest BCUT2D eigenvalue weighted by Gasteiger charge is -2.31. The Hall–Kier alpha value is -0.850. The minimum absolute atomic E-state index is 0.0487. The van der Waals surface area contributed by atoms with Crippen LogP contribution in [0.1, 0.15) is 38.5 Å². The molecule has 5 nitrogen and oxygen atoms in total. The van der Waals surface area contributed by atoms with Crippen molar-refractivity contribution in [3.63, 3.8) is 0 Å². The van der Waals surface area contributed by atoms with Crippen LogP contribution in [0, 0.1) is 0 Å². The predicted octanol–water partition coefficient (Wildman–Crippen LogP) is 2.30. The Morgan fingerprint density at radius 3 is 2.53 bits per heavy atom. The Kier molecular flexibility index (Phi) is 4.65. The van der Waals surface area contributed by atoms with Crippen LogP contribution in [0.2, 0.25) is 0 Å². The van der Waals surface area contributed by atoms with Crippen LogP contribution in [0.5, 0.6) is 0 Å². The lowest BCUT2D eigenvalue weighted by Crippen LogP contribution is -2.44. The van der Waals surface area contributed by atoms with Gasteiger partial charge in [0.2, 0.25) is 5.09 Å². The van der Waals surface area contributed by atoms with Gasteiger partial charge in [0.25, 0.3) is 10.0 Å². The number of methoxy groups -OCH3 is 1. The number of rotatable bonds is 5. The predicted molar refractivity (Wildman–Crippen MR) is 71.3 cm³/mol. The molecule has 0 radical (unpaired) electrons. The smallest absolute Gasteiger partial charge is 0.274 e. The standard InChI is InChI=1S/C13H21NO4S/c1-17-13(8-4-2-3-5-9-13)11-14-19(15,16)12-7-6-10-18-12/h6-7,10,14H,2-5,8-9,11H2,1H3. The number of furan rings is 1. The Labute approximate surface area is 114 Å². The first-order valence-corrected chi connectivity index (χ1v) is 8.15. The summed E-state index contributed by atoms with van der Waals surface area (Å²) in [6, 6.07) is 3.00. The molecule has 0 unspecified atom stereocenters. The number of ether oxygens (including phenoxy) is 1. The van der Waals surface area contributed by atoms with Gasteiger partial charge in [0.05, 0.1) is 11.9 Å². The van der Waals surface area contributed by atoms with Gasteiger partial charge in [-0.15, -0.1) is 0 Å². The second-order valence-electron chi connectivity index (χ2n) is 5.06. The highest BCUT2D eigenvalue weighted by molar-refractivity contribution is 7.89. The summed E-state index contributed by atoms with van der Waals surface area (Å²) in [7, 11) is -1.91. The molecule has 1 fully saturated rings. The Morgan fingerprint density at radius 1 is 1.32 bits per heavy atom. The fourth-order valence-corrected chi connectivity index (χ4v) is 3.58. The van der Waals surface area contributed by atoms with Crippen molar-refractivity contribution < 1.29 is 17.6 Å². The van der Waals surface area contributed by atoms with E-state index in [4.69, 9.17) is 9.15 Å². The molecular weight excluding hydrogens is 266 g/mol. The zero-order valence-electron chi connectivity index (χ0n) is 11.2. The third kappa shape index (κ3) is 3.58. The van der Waals surface area contributed by atoms with Crippen molar-refractivity contribution >= 4 is 10.0 Å². The van der Waals surface area contributed by atoms with Crippen molar-refractivity contribution in [1.82, 2.24) is 4.72 Å². The summed E-state index contributed by atoms with van der Waals surface area (Å²) in [6.45, 7) is 0.298. The van der Waals surface area contributed by atoms with Crippen LogP contribution >= 0.6 is 0 Å². The van der Waals surface area contributed by atoms with E-state index in [0.717, 1.165) is 25.7 Å². The molecule has 1 aliphatic rings. The van der Waals surface area contributed by atoms with E-state index < -0.39 is 10.0 Å². The first-order valence-electron chi connectivity index (χ1n) is 6.66. The zero-order chi connectivity index (χ0) is 13.8. The maximum atomic E-state index is 12.0. The molecule has 0 saturated heterocycles. The molecule has 19 heavy (non-hydrogen) atoms. The molecule has 1 aliphatic carbocycles. The van der Waals surface area contributed by atoms with Crippen LogP contribution < -0.4 is 4.72 Å². The average molecular weight is 287 g/mol. The van der Waals surface area contributed by atoms with E-state index in [1.54, 1.807) is 13.2 Å². The quantitative estimate of drug-likeness (QED) is 0.844. The molecule has 1 N–H and O–H groups in total. The number of nitrogens with one attached hydrogen (secondary N) is 1. The summed E-state index contributed by atoms with van der Waals surface area (Å²) in [5.74, 6) is 0. The maximum Gasteiger partial charge on any atom is 0.274 e. The highest BCUT2D eigenvalue weighted by Gasteiger charge is 2.32. The van der Waals surface area contributed by atoms with Gasteiger partial charge in [0.1, 0.15) is 0 Å². The van der Waals surface area contributed by atoms with Crippen molar-refractivity contribution in [1.29, 1.82) is 0 Å². The van der Waals surface area contributed by atoms with Crippen LogP contribution in [0.15, 0.2) is 27.9 Å². The third-order valence-electron chi connectivity index (χ3n) is 3.79. The molecule has 0 aliphatic heterocycles. The maximum absolute atomic E-state index is 12.0. The Balaban J connectivity index is 2.03. The monoisotopic (exact) mass is 287 g/mol. The van der Waals surface area contributed by atoms with Crippen LogP contribution in [0.4, 0.5) is 0 Å². The second kappa shape index (κ2) is 6.07. The second-order valence-corrected chi connectivity index (χ2v) is 6.76. The highest BCUT2D eigenvalue weighted by atomic mass is 32.2. The van der Waals surface area contributed by atoms with Gasteiger partial charge in [0.15, 0.2) is 0 Å². The molecule has 1 aromatic rings. The van der Waals surface area contributed by atoms with Gasteiger partial charge in [-0.3, -0.25) is 0 Å². The Bertz CT molecular complexity index is 473. The van der Waals surface area contributed by atoms with Crippen molar-refractivity contribution in [2.75, 3.05) is 13.7 Å². The largest absolute Gasteiger partial charge is 0.452 e. The SMILES string of the molecule is COC1(CNS(=O)(=O)c2ccco2)CCCCCC1. The zero-order valence-corrected chi connectivity index (χ0v) is 12.0. The van der Waals surface area contributed by atoms with Crippen LogP contribution in [-0.4, -0.2) is 27.7 Å². The molecule has 108 valence electrons. The third-order valence-corrected chi connectivity index (χ3v) is 5.08. The number of sulfonamides is 1. The summed E-state index contributed by atoms with van der Waals surface area (Å²) in [5, 5.41) is -0.0487. The van der Waals surface area contributed by atoms with E-state index in [1.165, 1.54) is 25.2 Å². The number of hydrogen-bond donors (Lipinski definition) is 1. The molecule has 0 amide bonds. The normalized spacial score (nSPS) is 20.1. The molecule has 1 saturated carbocycles. The van der Waals surface area contributed by atoms with Gasteiger partial charge in [-0.25, -0.2) is 13.1 Å². The van der Waals surface area contributed by atoms with E-state index in [0.29, 0.717) is 6.54 Å². The minimum Gasteiger partial charge on any atom is -0.452 e. The summed E-state index contributed by atoms with van der Waals surface area (Å²) in [5.41, 5.74) is -0.379. The summed E-state index contributed by atoms with van der Waals surface area (Å²) < 4.78 is 37.2. The van der Waals surface area contributed by atoms with E-state index in [2.05, 4.69) is 4.72 Å². The highest BCUT2D eigenvalue weighted by Crippen LogP contribution is 2.29. The first-order chi connectivity index (χ1) is 9.08. The fraction of sp³-hybridized carbons (Fsp3) is 0.692. The van der Waals surface area contributed by atoms with Gasteiger partial charge in [0, 0.05) is 13.7 Å². The molecule has 6 heteroatoms. The first kappa shape index (κ1) is 14.6.